The lowest BCUT2D eigenvalue weighted by molar-refractivity contribution is -0.136. The molecule has 2 aromatic rings. The van der Waals surface area contributed by atoms with Gasteiger partial charge in [0, 0.05) is 43.7 Å². The number of aryl methyl sites for hydroxylation is 2. The van der Waals surface area contributed by atoms with Crippen LogP contribution in [-0.2, 0) is 9.53 Å². The average Bonchev–Trinajstić information content (AvgIpc) is 2.68. The predicted molar refractivity (Wildman–Crippen MR) is 106 cm³/mol. The number of aromatic nitrogens is 2. The molecular formula is C21H28N4O2. The van der Waals surface area contributed by atoms with Gasteiger partial charge in [-0.05, 0) is 56.4 Å². The molecule has 2 aliphatic rings. The summed E-state index contributed by atoms with van der Waals surface area (Å²) in [6, 6.07) is 6.33. The number of hydrogen-bond acceptors (Lipinski definition) is 5. The normalized spacial score (nSPS) is 18.9. The van der Waals surface area contributed by atoms with Gasteiger partial charge in [0.2, 0.25) is 5.91 Å². The van der Waals surface area contributed by atoms with E-state index in [1.165, 1.54) is 5.56 Å². The number of anilines is 1. The number of nitrogens with zero attached hydrogens (tertiary/aromatic N) is 4. The molecule has 4 rings (SSSR count). The second-order valence-electron chi connectivity index (χ2n) is 7.75. The van der Waals surface area contributed by atoms with Crippen LogP contribution in [0.4, 0.5) is 5.82 Å². The quantitative estimate of drug-likeness (QED) is 0.834. The van der Waals surface area contributed by atoms with Gasteiger partial charge in [0.1, 0.15) is 5.82 Å². The maximum Gasteiger partial charge on any atom is 0.223 e. The lowest BCUT2D eigenvalue weighted by Crippen LogP contribution is -2.42. The Kier molecular flexibility index (Phi) is 5.25. The average molecular weight is 368 g/mol. The van der Waals surface area contributed by atoms with Crippen LogP contribution in [0.1, 0.15) is 30.5 Å². The fourth-order valence-electron chi connectivity index (χ4n) is 4.15. The molecule has 2 fully saturated rings. The van der Waals surface area contributed by atoms with E-state index in [0.717, 1.165) is 61.6 Å². The van der Waals surface area contributed by atoms with E-state index < -0.39 is 0 Å². The standard InChI is InChI=1S/C21H28N4O2/c1-15-13-16(2)22-21-18(15)3-4-19(23-21)24-7-5-17(6-8-24)14-20(26)25-9-11-27-12-10-25/h3-4,13,17H,5-12,14H2,1-2H3. The summed E-state index contributed by atoms with van der Waals surface area (Å²) in [6.07, 6.45) is 2.74. The van der Waals surface area contributed by atoms with Crippen molar-refractivity contribution >= 4 is 22.8 Å². The fraction of sp³-hybridized carbons (Fsp3) is 0.571. The predicted octanol–water partition coefficient (Wildman–Crippen LogP) is 2.71. The Morgan fingerprint density at radius 3 is 2.59 bits per heavy atom. The van der Waals surface area contributed by atoms with Crippen LogP contribution < -0.4 is 4.90 Å². The minimum absolute atomic E-state index is 0.288. The van der Waals surface area contributed by atoms with E-state index >= 15 is 0 Å². The molecule has 144 valence electrons. The SMILES string of the molecule is Cc1cc(C)c2ccc(N3CCC(CC(=O)N4CCOCC4)CC3)nc2n1. The molecule has 0 unspecified atom stereocenters. The van der Waals surface area contributed by atoms with Gasteiger partial charge in [-0.3, -0.25) is 4.79 Å². The highest BCUT2D eigenvalue weighted by molar-refractivity contribution is 5.80. The number of morpholine rings is 1. The third kappa shape index (κ3) is 4.05. The Bertz CT molecular complexity index is 824. The Morgan fingerprint density at radius 1 is 1.11 bits per heavy atom. The number of hydrogen-bond donors (Lipinski definition) is 0. The van der Waals surface area contributed by atoms with E-state index in [9.17, 15) is 4.79 Å². The van der Waals surface area contributed by atoms with Crippen LogP contribution in [0.3, 0.4) is 0 Å². The minimum Gasteiger partial charge on any atom is -0.378 e. The molecule has 4 heterocycles. The van der Waals surface area contributed by atoms with E-state index in [-0.39, 0.29) is 5.91 Å². The molecule has 6 heteroatoms. The maximum absolute atomic E-state index is 12.5. The summed E-state index contributed by atoms with van der Waals surface area (Å²) in [5.41, 5.74) is 3.05. The monoisotopic (exact) mass is 368 g/mol. The number of carbonyl (C=O) groups is 1. The van der Waals surface area contributed by atoms with Crippen molar-refractivity contribution in [2.45, 2.75) is 33.1 Å². The minimum atomic E-state index is 0.288. The van der Waals surface area contributed by atoms with Crippen molar-refractivity contribution < 1.29 is 9.53 Å². The smallest absolute Gasteiger partial charge is 0.223 e. The van der Waals surface area contributed by atoms with Gasteiger partial charge in [0.25, 0.3) is 0 Å². The first kappa shape index (κ1) is 18.2. The molecule has 27 heavy (non-hydrogen) atoms. The Labute approximate surface area is 160 Å². The number of carbonyl (C=O) groups excluding carboxylic acids is 1. The molecule has 0 aromatic carbocycles. The number of ether oxygens (including phenoxy) is 1. The first-order valence-electron chi connectivity index (χ1n) is 9.95. The lowest BCUT2D eigenvalue weighted by atomic mass is 9.93. The number of rotatable bonds is 3. The van der Waals surface area contributed by atoms with Gasteiger partial charge in [-0.1, -0.05) is 0 Å². The van der Waals surface area contributed by atoms with Crippen molar-refractivity contribution in [1.29, 1.82) is 0 Å². The summed E-state index contributed by atoms with van der Waals surface area (Å²) in [4.78, 5) is 26.2. The summed E-state index contributed by atoms with van der Waals surface area (Å²) >= 11 is 0. The third-order valence-electron chi connectivity index (χ3n) is 5.76. The van der Waals surface area contributed by atoms with Crippen molar-refractivity contribution in [2.24, 2.45) is 5.92 Å². The van der Waals surface area contributed by atoms with E-state index in [1.807, 2.05) is 11.8 Å². The molecule has 0 N–H and O–H groups in total. The Hall–Kier alpha value is -2.21. The molecule has 0 saturated carbocycles. The zero-order chi connectivity index (χ0) is 18.8. The van der Waals surface area contributed by atoms with Crippen molar-refractivity contribution in [3.05, 3.63) is 29.5 Å². The van der Waals surface area contributed by atoms with Crippen LogP contribution in [0.15, 0.2) is 18.2 Å². The molecule has 1 amide bonds. The van der Waals surface area contributed by atoms with E-state index in [1.54, 1.807) is 0 Å². The molecule has 2 saturated heterocycles. The van der Waals surface area contributed by atoms with Crippen LogP contribution >= 0.6 is 0 Å². The number of pyridine rings is 2. The molecule has 0 bridgehead atoms. The van der Waals surface area contributed by atoms with Crippen molar-refractivity contribution in [1.82, 2.24) is 14.9 Å². The van der Waals surface area contributed by atoms with E-state index in [2.05, 4.69) is 35.0 Å². The highest BCUT2D eigenvalue weighted by Crippen LogP contribution is 2.27. The van der Waals surface area contributed by atoms with Crippen LogP contribution in [0.5, 0.6) is 0 Å². The molecule has 0 radical (unpaired) electrons. The molecule has 2 aliphatic heterocycles. The number of fused-ring (bicyclic) bond motifs is 1. The zero-order valence-corrected chi connectivity index (χ0v) is 16.3. The van der Waals surface area contributed by atoms with Crippen molar-refractivity contribution in [3.63, 3.8) is 0 Å². The summed E-state index contributed by atoms with van der Waals surface area (Å²) in [6.45, 7) is 8.84. The first-order valence-corrected chi connectivity index (χ1v) is 9.95. The van der Waals surface area contributed by atoms with Gasteiger partial charge in [-0.25, -0.2) is 9.97 Å². The zero-order valence-electron chi connectivity index (χ0n) is 16.3. The largest absolute Gasteiger partial charge is 0.378 e. The second-order valence-corrected chi connectivity index (χ2v) is 7.75. The lowest BCUT2D eigenvalue weighted by Gasteiger charge is -2.34. The van der Waals surface area contributed by atoms with Gasteiger partial charge < -0.3 is 14.5 Å². The maximum atomic E-state index is 12.5. The molecule has 0 atom stereocenters. The molecular weight excluding hydrogens is 340 g/mol. The summed E-state index contributed by atoms with van der Waals surface area (Å²) in [5, 5.41) is 1.12. The van der Waals surface area contributed by atoms with Crippen LogP contribution in [0.2, 0.25) is 0 Å². The van der Waals surface area contributed by atoms with Crippen LogP contribution in [0.25, 0.3) is 11.0 Å². The number of piperidine rings is 1. The summed E-state index contributed by atoms with van der Waals surface area (Å²) in [5.74, 6) is 1.76. The highest BCUT2D eigenvalue weighted by Gasteiger charge is 2.25. The Morgan fingerprint density at radius 2 is 1.85 bits per heavy atom. The van der Waals surface area contributed by atoms with Gasteiger partial charge in [-0.15, -0.1) is 0 Å². The number of amides is 1. The third-order valence-corrected chi connectivity index (χ3v) is 5.76. The highest BCUT2D eigenvalue weighted by atomic mass is 16.5. The summed E-state index contributed by atoms with van der Waals surface area (Å²) < 4.78 is 5.34. The van der Waals surface area contributed by atoms with Gasteiger partial charge >= 0.3 is 0 Å². The molecule has 0 spiro atoms. The van der Waals surface area contributed by atoms with E-state index in [4.69, 9.17) is 9.72 Å². The topological polar surface area (TPSA) is 58.6 Å². The van der Waals surface area contributed by atoms with E-state index in [0.29, 0.717) is 25.6 Å². The van der Waals surface area contributed by atoms with Crippen LogP contribution in [0, 0.1) is 19.8 Å². The Balaban J connectivity index is 1.37. The molecule has 2 aromatic heterocycles. The summed E-state index contributed by atoms with van der Waals surface area (Å²) in [7, 11) is 0. The van der Waals surface area contributed by atoms with Gasteiger partial charge in [-0.2, -0.15) is 0 Å². The van der Waals surface area contributed by atoms with Crippen molar-refractivity contribution in [3.8, 4) is 0 Å². The van der Waals surface area contributed by atoms with Crippen LogP contribution in [-0.4, -0.2) is 60.2 Å². The molecule has 0 aliphatic carbocycles. The fourth-order valence-corrected chi connectivity index (χ4v) is 4.15. The molecule has 6 nitrogen and oxygen atoms in total. The van der Waals surface area contributed by atoms with Gasteiger partial charge in [0.15, 0.2) is 5.65 Å². The second kappa shape index (κ2) is 7.80. The van der Waals surface area contributed by atoms with Gasteiger partial charge in [0.05, 0.1) is 13.2 Å². The van der Waals surface area contributed by atoms with Crippen molar-refractivity contribution in [2.75, 3.05) is 44.3 Å². The first-order chi connectivity index (χ1) is 13.1.